The fraction of sp³-hybridized carbons (Fsp3) is 0.533. The van der Waals surface area contributed by atoms with Crippen LogP contribution in [0.5, 0.6) is 0 Å². The largest absolute Gasteiger partial charge is 0.357 e. The number of rotatable bonds is 8. The lowest BCUT2D eigenvalue weighted by Gasteiger charge is -2.45. The molecule has 0 bridgehead atoms. The minimum Gasteiger partial charge on any atom is -0.357 e. The summed E-state index contributed by atoms with van der Waals surface area (Å²) in [6.45, 7) is 16.0. The van der Waals surface area contributed by atoms with Gasteiger partial charge < -0.3 is 30.7 Å². The molecule has 1 aromatic heterocycles. The second-order valence-corrected chi connectivity index (χ2v) is 13.4. The highest BCUT2D eigenvalue weighted by atomic mass is 35.5. The Hall–Kier alpha value is -3.22. The Labute approximate surface area is 262 Å². The number of carbonyl (C=O) groups excluding carboxylic acids is 4. The van der Waals surface area contributed by atoms with Crippen LogP contribution in [0.4, 0.5) is 20.6 Å². The molecule has 0 radical (unpaired) electrons. The van der Waals surface area contributed by atoms with Crippen molar-refractivity contribution >= 4 is 58.6 Å². The van der Waals surface area contributed by atoms with Crippen LogP contribution in [0.1, 0.15) is 61.7 Å². The number of piperazine rings is 1. The Kier molecular flexibility index (Phi) is 12.5. The third-order valence-electron chi connectivity index (χ3n) is 6.93. The highest BCUT2D eigenvalue weighted by Gasteiger charge is 2.45. The molecule has 0 unspecified atom stereocenters. The smallest absolute Gasteiger partial charge is 0.323 e. The molecule has 2 aromatic rings. The molecule has 3 rings (SSSR count). The minimum absolute atomic E-state index is 0.115. The van der Waals surface area contributed by atoms with Gasteiger partial charge in [-0.1, -0.05) is 38.4 Å². The summed E-state index contributed by atoms with van der Waals surface area (Å²) in [6.07, 6.45) is 0.712. The number of aryl methyl sites for hydroxylation is 1. The Balaban J connectivity index is 0.000000708. The van der Waals surface area contributed by atoms with E-state index in [-0.39, 0.29) is 27.9 Å². The first-order valence-corrected chi connectivity index (χ1v) is 15.2. The molecule has 13 heteroatoms. The van der Waals surface area contributed by atoms with Gasteiger partial charge in [0, 0.05) is 37.6 Å². The van der Waals surface area contributed by atoms with Crippen LogP contribution in [0, 0.1) is 12.7 Å². The number of amides is 5. The number of anilines is 2. The number of hydrogen-bond donors (Lipinski definition) is 3. The molecule has 3 N–H and O–H groups in total. The van der Waals surface area contributed by atoms with Crippen LogP contribution < -0.4 is 16.0 Å². The van der Waals surface area contributed by atoms with Crippen molar-refractivity contribution in [3.05, 3.63) is 44.4 Å². The van der Waals surface area contributed by atoms with Crippen molar-refractivity contribution in [2.75, 3.05) is 57.5 Å². The van der Waals surface area contributed by atoms with Gasteiger partial charge in [-0.3, -0.25) is 14.4 Å². The fourth-order valence-electron chi connectivity index (χ4n) is 4.26. The predicted molar refractivity (Wildman–Crippen MR) is 172 cm³/mol. The van der Waals surface area contributed by atoms with Crippen LogP contribution >= 0.6 is 22.9 Å². The van der Waals surface area contributed by atoms with Gasteiger partial charge in [-0.05, 0) is 64.9 Å². The Bertz CT molecular complexity index is 1320. The van der Waals surface area contributed by atoms with Gasteiger partial charge >= 0.3 is 6.03 Å². The number of thiophene rings is 1. The van der Waals surface area contributed by atoms with E-state index in [9.17, 15) is 23.6 Å². The molecule has 5 amide bonds. The first-order chi connectivity index (χ1) is 19.9. The summed E-state index contributed by atoms with van der Waals surface area (Å²) in [7, 11) is 3.93. The summed E-state index contributed by atoms with van der Waals surface area (Å²) in [5.74, 6) is -1.05. The summed E-state index contributed by atoms with van der Waals surface area (Å²) in [4.78, 5) is 55.7. The van der Waals surface area contributed by atoms with E-state index in [1.165, 1.54) is 23.5 Å². The van der Waals surface area contributed by atoms with E-state index in [0.717, 1.165) is 18.0 Å². The fourth-order valence-corrected chi connectivity index (χ4v) is 5.64. The number of benzene rings is 1. The maximum atomic E-state index is 14.2. The molecule has 2 heterocycles. The lowest BCUT2D eigenvalue weighted by molar-refractivity contribution is -0.146. The number of hydrogen-bond acceptors (Lipinski definition) is 6. The first kappa shape index (κ1) is 36.0. The zero-order valence-electron chi connectivity index (χ0n) is 26.5. The summed E-state index contributed by atoms with van der Waals surface area (Å²) < 4.78 is 14.2. The SMILES string of the molecule is CCN1CCN(C(=O)c2sc(C(C)(C)C)cc2NC(=O)Nc2ccc(C)c(F)c2Cl)C(C)(C)C1=O.CN(C)CCNC=O. The molecule has 43 heavy (non-hydrogen) atoms. The van der Waals surface area contributed by atoms with Crippen molar-refractivity contribution in [2.45, 2.75) is 59.4 Å². The molecular weight excluding hydrogens is 595 g/mol. The topological polar surface area (TPSA) is 114 Å². The zero-order chi connectivity index (χ0) is 32.7. The Morgan fingerprint density at radius 1 is 1.16 bits per heavy atom. The Morgan fingerprint density at radius 2 is 1.79 bits per heavy atom. The Morgan fingerprint density at radius 3 is 2.35 bits per heavy atom. The van der Waals surface area contributed by atoms with Gasteiger partial charge in [0.1, 0.15) is 21.3 Å². The van der Waals surface area contributed by atoms with Gasteiger partial charge in [0.05, 0.1) is 11.4 Å². The van der Waals surface area contributed by atoms with Gasteiger partial charge in [-0.25, -0.2) is 9.18 Å². The molecule has 0 saturated carbocycles. The monoisotopic (exact) mass is 638 g/mol. The highest BCUT2D eigenvalue weighted by Crippen LogP contribution is 2.38. The third kappa shape index (κ3) is 9.14. The van der Waals surface area contributed by atoms with Crippen LogP contribution in [0.3, 0.4) is 0 Å². The molecular formula is C30H44ClFN6O4S. The summed E-state index contributed by atoms with van der Waals surface area (Å²) >= 11 is 7.34. The van der Waals surface area contributed by atoms with Crippen molar-refractivity contribution in [2.24, 2.45) is 0 Å². The van der Waals surface area contributed by atoms with E-state index in [0.29, 0.717) is 42.2 Å². The maximum absolute atomic E-state index is 14.2. The lowest BCUT2D eigenvalue weighted by Crippen LogP contribution is -2.64. The zero-order valence-corrected chi connectivity index (χ0v) is 28.1. The van der Waals surface area contributed by atoms with Crippen LogP contribution in [-0.4, -0.2) is 91.3 Å². The number of urea groups is 1. The highest BCUT2D eigenvalue weighted by molar-refractivity contribution is 7.14. The van der Waals surface area contributed by atoms with Gasteiger partial charge in [-0.2, -0.15) is 0 Å². The summed E-state index contributed by atoms with van der Waals surface area (Å²) in [5, 5.41) is 7.65. The molecule has 1 aliphatic rings. The van der Waals surface area contributed by atoms with Crippen molar-refractivity contribution in [3.8, 4) is 0 Å². The van der Waals surface area contributed by atoms with Crippen molar-refractivity contribution < 1.29 is 23.6 Å². The number of nitrogens with zero attached hydrogens (tertiary/aromatic N) is 3. The van der Waals surface area contributed by atoms with E-state index < -0.39 is 17.4 Å². The van der Waals surface area contributed by atoms with Crippen LogP contribution in [-0.2, 0) is 15.0 Å². The second-order valence-electron chi connectivity index (χ2n) is 12.0. The number of nitrogens with one attached hydrogen (secondary N) is 3. The van der Waals surface area contributed by atoms with E-state index in [4.69, 9.17) is 11.6 Å². The number of carbonyl (C=O) groups is 4. The number of likely N-dealkylation sites (N-methyl/N-ethyl adjacent to an activating group) is 2. The third-order valence-corrected chi connectivity index (χ3v) is 8.85. The summed E-state index contributed by atoms with van der Waals surface area (Å²) in [5.41, 5.74) is -0.488. The number of halogens is 2. The van der Waals surface area contributed by atoms with Gasteiger partial charge in [0.25, 0.3) is 5.91 Å². The van der Waals surface area contributed by atoms with Gasteiger partial charge in [-0.15, -0.1) is 11.3 Å². The second kappa shape index (κ2) is 15.0. The van der Waals surface area contributed by atoms with Crippen molar-refractivity contribution in [1.82, 2.24) is 20.0 Å². The van der Waals surface area contributed by atoms with E-state index in [2.05, 4.69) is 16.0 Å². The van der Waals surface area contributed by atoms with Crippen LogP contribution in [0.25, 0.3) is 0 Å². The van der Waals surface area contributed by atoms with Crippen LogP contribution in [0.2, 0.25) is 5.02 Å². The molecule has 0 aliphatic carbocycles. The standard InChI is InChI=1S/C25H32ClFN4O3S.C5H12N2O/c1-8-30-11-12-31(25(6,7)22(30)33)21(32)20-16(13-17(35-20)24(3,4)5)29-23(34)28-15-10-9-14(2)19(27)18(15)26;1-7(2)4-3-6-5-8/h9-10,13H,8,11-12H2,1-7H3,(H2,28,29,34);5H,3-4H2,1-2H3,(H,6,8). The van der Waals surface area contributed by atoms with Crippen LogP contribution in [0.15, 0.2) is 18.2 Å². The average Bonchev–Trinajstić information content (AvgIpc) is 3.35. The quantitative estimate of drug-likeness (QED) is 0.273. The molecule has 1 fully saturated rings. The van der Waals surface area contributed by atoms with E-state index >= 15 is 0 Å². The van der Waals surface area contributed by atoms with E-state index in [1.807, 2.05) is 46.7 Å². The first-order valence-electron chi connectivity index (χ1n) is 14.1. The lowest BCUT2D eigenvalue weighted by atomic mass is 9.94. The van der Waals surface area contributed by atoms with Crippen molar-refractivity contribution in [3.63, 3.8) is 0 Å². The molecule has 1 saturated heterocycles. The molecule has 1 aromatic carbocycles. The van der Waals surface area contributed by atoms with Gasteiger partial charge in [0.2, 0.25) is 12.3 Å². The molecule has 238 valence electrons. The normalized spacial score (nSPS) is 14.7. The van der Waals surface area contributed by atoms with Crippen molar-refractivity contribution in [1.29, 1.82) is 0 Å². The molecule has 0 atom stereocenters. The maximum Gasteiger partial charge on any atom is 0.323 e. The molecule has 1 aliphatic heterocycles. The molecule has 10 nitrogen and oxygen atoms in total. The minimum atomic E-state index is -1.02. The van der Waals surface area contributed by atoms with Gasteiger partial charge in [0.15, 0.2) is 0 Å². The average molecular weight is 639 g/mol. The predicted octanol–water partition coefficient (Wildman–Crippen LogP) is 5.17. The molecule has 0 spiro atoms. The summed E-state index contributed by atoms with van der Waals surface area (Å²) in [6, 6.07) is 4.14. The van der Waals surface area contributed by atoms with E-state index in [1.54, 1.807) is 36.6 Å².